The van der Waals surface area contributed by atoms with E-state index in [0.717, 1.165) is 15.7 Å². The van der Waals surface area contributed by atoms with Crippen LogP contribution in [0.15, 0.2) is 53.0 Å². The molecular weight excluding hydrogens is 386 g/mol. The summed E-state index contributed by atoms with van der Waals surface area (Å²) in [5.74, 6) is 0.203. The van der Waals surface area contributed by atoms with Gasteiger partial charge in [0.2, 0.25) is 0 Å². The van der Waals surface area contributed by atoms with Crippen LogP contribution in [0, 0.1) is 6.92 Å². The molecule has 0 fully saturated rings. The molecule has 1 heterocycles. The third-order valence-electron chi connectivity index (χ3n) is 3.66. The zero-order valence-corrected chi connectivity index (χ0v) is 15.4. The fraction of sp³-hybridized carbons (Fsp3) is 0.167. The molecule has 0 aliphatic rings. The lowest BCUT2D eigenvalue weighted by atomic mass is 10.2. The number of hydrogen-bond acceptors (Lipinski definition) is 5. The number of hydrogen-bond donors (Lipinski definition) is 0. The third-order valence-corrected chi connectivity index (χ3v) is 4.19. The van der Waals surface area contributed by atoms with Crippen LogP contribution in [0.1, 0.15) is 21.7 Å². The van der Waals surface area contributed by atoms with Gasteiger partial charge >= 0.3 is 5.97 Å². The number of methoxy groups -OCH3 is 1. The fourth-order valence-electron chi connectivity index (χ4n) is 2.32. The Hall–Kier alpha value is -2.67. The van der Waals surface area contributed by atoms with Crippen molar-refractivity contribution < 1.29 is 14.3 Å². The number of ether oxygens (including phenoxy) is 2. The highest BCUT2D eigenvalue weighted by Gasteiger charge is 2.19. The van der Waals surface area contributed by atoms with Crippen molar-refractivity contribution in [1.82, 2.24) is 15.0 Å². The highest BCUT2D eigenvalue weighted by Crippen LogP contribution is 2.17. The van der Waals surface area contributed by atoms with E-state index in [9.17, 15) is 4.79 Å². The predicted octanol–water partition coefficient (Wildman–Crippen LogP) is 3.70. The zero-order chi connectivity index (χ0) is 17.8. The Morgan fingerprint density at radius 2 is 1.96 bits per heavy atom. The molecular formula is C18H16BrN3O3. The molecule has 3 aromatic rings. The van der Waals surface area contributed by atoms with Crippen LogP contribution in [0.4, 0.5) is 0 Å². The van der Waals surface area contributed by atoms with Crippen LogP contribution in [0.25, 0.3) is 5.69 Å². The second kappa shape index (κ2) is 7.48. The first-order valence-corrected chi connectivity index (χ1v) is 8.36. The van der Waals surface area contributed by atoms with Gasteiger partial charge in [-0.15, -0.1) is 5.10 Å². The highest BCUT2D eigenvalue weighted by atomic mass is 79.9. The molecule has 0 spiro atoms. The summed E-state index contributed by atoms with van der Waals surface area (Å²) in [5, 5.41) is 8.01. The standard InChI is InChI=1S/C18H16BrN3O3/c1-12-17(20-21-22(12)15-8-6-14(19)7-9-15)18(23)25-11-13-4-3-5-16(10-13)24-2/h3-10H,11H2,1-2H3. The van der Waals surface area contributed by atoms with Crippen LogP contribution in [0.2, 0.25) is 0 Å². The Morgan fingerprint density at radius 1 is 1.20 bits per heavy atom. The fourth-order valence-corrected chi connectivity index (χ4v) is 2.59. The van der Waals surface area contributed by atoms with Crippen LogP contribution in [-0.2, 0) is 11.3 Å². The molecule has 3 rings (SSSR count). The molecule has 6 nitrogen and oxygen atoms in total. The molecule has 0 radical (unpaired) electrons. The van der Waals surface area contributed by atoms with E-state index in [4.69, 9.17) is 9.47 Å². The van der Waals surface area contributed by atoms with E-state index >= 15 is 0 Å². The van der Waals surface area contributed by atoms with Gasteiger partial charge in [0.05, 0.1) is 18.5 Å². The molecule has 1 aromatic heterocycles. The summed E-state index contributed by atoms with van der Waals surface area (Å²) >= 11 is 3.39. The lowest BCUT2D eigenvalue weighted by Gasteiger charge is -2.06. The van der Waals surface area contributed by atoms with Gasteiger partial charge in [-0.25, -0.2) is 9.48 Å². The molecule has 0 N–H and O–H groups in total. The minimum atomic E-state index is -0.510. The van der Waals surface area contributed by atoms with Gasteiger partial charge < -0.3 is 9.47 Å². The number of rotatable bonds is 5. The number of aromatic nitrogens is 3. The molecule has 25 heavy (non-hydrogen) atoms. The van der Waals surface area contributed by atoms with E-state index in [1.807, 2.05) is 48.5 Å². The summed E-state index contributed by atoms with van der Waals surface area (Å²) < 4.78 is 13.1. The number of halogens is 1. The van der Waals surface area contributed by atoms with Crippen LogP contribution in [-0.4, -0.2) is 28.1 Å². The Kier molecular flexibility index (Phi) is 5.14. The normalized spacial score (nSPS) is 10.5. The molecule has 0 saturated carbocycles. The summed E-state index contributed by atoms with van der Waals surface area (Å²) in [5.41, 5.74) is 2.48. The average molecular weight is 402 g/mol. The van der Waals surface area contributed by atoms with Gasteiger partial charge in [-0.3, -0.25) is 0 Å². The molecule has 0 aliphatic heterocycles. The monoisotopic (exact) mass is 401 g/mol. The summed E-state index contributed by atoms with van der Waals surface area (Å²) in [4.78, 5) is 12.3. The number of esters is 1. The maximum Gasteiger partial charge on any atom is 0.361 e. The van der Waals surface area contributed by atoms with Crippen LogP contribution >= 0.6 is 15.9 Å². The smallest absolute Gasteiger partial charge is 0.361 e. The van der Waals surface area contributed by atoms with E-state index in [0.29, 0.717) is 11.4 Å². The van der Waals surface area contributed by atoms with Crippen molar-refractivity contribution in [3.63, 3.8) is 0 Å². The van der Waals surface area contributed by atoms with Gasteiger partial charge in [0.1, 0.15) is 12.4 Å². The first-order chi connectivity index (χ1) is 12.1. The second-order valence-electron chi connectivity index (χ2n) is 5.34. The minimum Gasteiger partial charge on any atom is -0.497 e. The molecule has 0 aliphatic carbocycles. The molecule has 0 atom stereocenters. The number of carbonyl (C=O) groups excluding carboxylic acids is 1. The van der Waals surface area contributed by atoms with Crippen molar-refractivity contribution in [1.29, 1.82) is 0 Å². The van der Waals surface area contributed by atoms with Gasteiger partial charge in [-0.1, -0.05) is 33.3 Å². The van der Waals surface area contributed by atoms with Gasteiger partial charge in [-0.2, -0.15) is 0 Å². The first-order valence-electron chi connectivity index (χ1n) is 7.57. The van der Waals surface area contributed by atoms with Crippen molar-refractivity contribution >= 4 is 21.9 Å². The van der Waals surface area contributed by atoms with Crippen molar-refractivity contribution in [2.24, 2.45) is 0 Å². The van der Waals surface area contributed by atoms with E-state index in [-0.39, 0.29) is 12.3 Å². The van der Waals surface area contributed by atoms with E-state index in [1.54, 1.807) is 18.7 Å². The number of carbonyl (C=O) groups is 1. The third kappa shape index (κ3) is 3.88. The van der Waals surface area contributed by atoms with Crippen molar-refractivity contribution in [2.75, 3.05) is 7.11 Å². The lowest BCUT2D eigenvalue weighted by molar-refractivity contribution is 0.0464. The molecule has 0 unspecified atom stereocenters. The predicted molar refractivity (Wildman–Crippen MR) is 95.9 cm³/mol. The van der Waals surface area contributed by atoms with Gasteiger partial charge in [0, 0.05) is 4.47 Å². The van der Waals surface area contributed by atoms with Crippen molar-refractivity contribution in [3.05, 3.63) is 70.0 Å². The molecule has 128 valence electrons. The minimum absolute atomic E-state index is 0.140. The topological polar surface area (TPSA) is 66.2 Å². The van der Waals surface area contributed by atoms with Gasteiger partial charge in [0.15, 0.2) is 5.69 Å². The number of nitrogens with zero attached hydrogens (tertiary/aromatic N) is 3. The second-order valence-corrected chi connectivity index (χ2v) is 6.26. The van der Waals surface area contributed by atoms with Crippen LogP contribution < -0.4 is 4.74 Å². The van der Waals surface area contributed by atoms with Crippen LogP contribution in [0.3, 0.4) is 0 Å². The molecule has 0 saturated heterocycles. The average Bonchev–Trinajstić information content (AvgIpc) is 3.02. The van der Waals surface area contributed by atoms with Gasteiger partial charge in [-0.05, 0) is 48.9 Å². The Balaban J connectivity index is 1.73. The zero-order valence-electron chi connectivity index (χ0n) is 13.8. The highest BCUT2D eigenvalue weighted by molar-refractivity contribution is 9.10. The van der Waals surface area contributed by atoms with E-state index in [1.165, 1.54) is 0 Å². The Labute approximate surface area is 153 Å². The van der Waals surface area contributed by atoms with Gasteiger partial charge in [0.25, 0.3) is 0 Å². The number of benzene rings is 2. The maximum absolute atomic E-state index is 12.3. The Morgan fingerprint density at radius 3 is 2.68 bits per heavy atom. The first kappa shape index (κ1) is 17.2. The largest absolute Gasteiger partial charge is 0.497 e. The SMILES string of the molecule is COc1cccc(COC(=O)c2nnn(-c3ccc(Br)cc3)c2C)c1. The summed E-state index contributed by atoms with van der Waals surface area (Å²) in [6, 6.07) is 14.9. The Bertz CT molecular complexity index is 891. The quantitative estimate of drug-likeness (QED) is 0.609. The van der Waals surface area contributed by atoms with Crippen molar-refractivity contribution in [2.45, 2.75) is 13.5 Å². The summed E-state index contributed by atoms with van der Waals surface area (Å²) in [6.45, 7) is 1.92. The molecule has 7 heteroatoms. The summed E-state index contributed by atoms with van der Waals surface area (Å²) in [7, 11) is 1.59. The van der Waals surface area contributed by atoms with E-state index < -0.39 is 5.97 Å². The molecule has 2 aromatic carbocycles. The summed E-state index contributed by atoms with van der Waals surface area (Å²) in [6.07, 6.45) is 0. The van der Waals surface area contributed by atoms with Crippen molar-refractivity contribution in [3.8, 4) is 11.4 Å². The van der Waals surface area contributed by atoms with E-state index in [2.05, 4.69) is 26.2 Å². The molecule has 0 amide bonds. The molecule has 0 bridgehead atoms. The van der Waals surface area contributed by atoms with Crippen LogP contribution in [0.5, 0.6) is 5.75 Å². The maximum atomic E-state index is 12.3. The lowest BCUT2D eigenvalue weighted by Crippen LogP contribution is -2.08.